The number of benzene rings is 3. The lowest BCUT2D eigenvalue weighted by Gasteiger charge is -2.06. The third-order valence-electron chi connectivity index (χ3n) is 4.84. The van der Waals surface area contributed by atoms with Crippen molar-refractivity contribution in [2.24, 2.45) is 5.10 Å². The van der Waals surface area contributed by atoms with Crippen molar-refractivity contribution in [1.29, 1.82) is 0 Å². The van der Waals surface area contributed by atoms with Crippen LogP contribution < -0.4 is 5.43 Å². The predicted molar refractivity (Wildman–Crippen MR) is 116 cm³/mol. The van der Waals surface area contributed by atoms with Crippen LogP contribution in [0.25, 0.3) is 10.8 Å². The Kier molecular flexibility index (Phi) is 5.20. The van der Waals surface area contributed by atoms with Gasteiger partial charge in [-0.2, -0.15) is 10.2 Å². The number of rotatable bonds is 5. The normalized spacial score (nSPS) is 11.2. The van der Waals surface area contributed by atoms with Crippen LogP contribution in [-0.2, 0) is 6.54 Å². The van der Waals surface area contributed by atoms with Crippen molar-refractivity contribution in [2.45, 2.75) is 20.4 Å². The topological polar surface area (TPSA) is 59.3 Å². The van der Waals surface area contributed by atoms with Gasteiger partial charge in [0.2, 0.25) is 0 Å². The Balaban J connectivity index is 1.42. The van der Waals surface area contributed by atoms with Gasteiger partial charge >= 0.3 is 0 Å². The molecule has 5 heteroatoms. The Morgan fingerprint density at radius 3 is 2.55 bits per heavy atom. The summed E-state index contributed by atoms with van der Waals surface area (Å²) in [7, 11) is 0. The minimum absolute atomic E-state index is 0.237. The number of carbonyl (C=O) groups is 1. The van der Waals surface area contributed by atoms with E-state index in [-0.39, 0.29) is 5.91 Å². The van der Waals surface area contributed by atoms with Gasteiger partial charge in [-0.15, -0.1) is 0 Å². The lowest BCUT2D eigenvalue weighted by Crippen LogP contribution is -2.17. The van der Waals surface area contributed by atoms with Crippen molar-refractivity contribution in [1.82, 2.24) is 15.2 Å². The zero-order valence-electron chi connectivity index (χ0n) is 16.5. The molecular formula is C24H22N4O. The number of aryl methyl sites for hydroxylation is 2. The Labute approximate surface area is 169 Å². The van der Waals surface area contributed by atoms with Gasteiger partial charge in [0, 0.05) is 16.8 Å². The van der Waals surface area contributed by atoms with Crippen molar-refractivity contribution in [3.8, 4) is 0 Å². The van der Waals surface area contributed by atoms with E-state index in [2.05, 4.69) is 33.8 Å². The summed E-state index contributed by atoms with van der Waals surface area (Å²) in [6.07, 6.45) is 1.68. The summed E-state index contributed by atoms with van der Waals surface area (Å²) in [5.41, 5.74) is 7.35. The molecule has 0 radical (unpaired) electrons. The highest BCUT2D eigenvalue weighted by atomic mass is 16.2. The van der Waals surface area contributed by atoms with Crippen LogP contribution in [0.15, 0.2) is 77.9 Å². The first-order chi connectivity index (χ1) is 14.1. The smallest absolute Gasteiger partial charge is 0.267 e. The van der Waals surface area contributed by atoms with Crippen molar-refractivity contribution < 1.29 is 4.79 Å². The molecule has 0 aliphatic rings. The highest BCUT2D eigenvalue weighted by molar-refractivity contribution is 6.00. The molecule has 0 atom stereocenters. The largest absolute Gasteiger partial charge is 0.271 e. The molecule has 1 amide bonds. The minimum Gasteiger partial charge on any atom is -0.267 e. The molecule has 0 aliphatic heterocycles. The molecule has 29 heavy (non-hydrogen) atoms. The molecule has 144 valence electrons. The first-order valence-corrected chi connectivity index (χ1v) is 9.51. The molecule has 0 spiro atoms. The number of carbonyl (C=O) groups excluding carboxylic acids is 1. The SMILES string of the molecule is Cc1cc(C)n(Cc2ccc(C(=O)NN=Cc3cccc4ccccc34)cc2)n1. The fourth-order valence-corrected chi connectivity index (χ4v) is 3.36. The average Bonchev–Trinajstić information content (AvgIpc) is 3.05. The summed E-state index contributed by atoms with van der Waals surface area (Å²) in [5, 5.41) is 10.8. The molecule has 4 rings (SSSR count). The molecule has 0 aliphatic carbocycles. The highest BCUT2D eigenvalue weighted by Gasteiger charge is 2.06. The summed E-state index contributed by atoms with van der Waals surface area (Å²) in [4.78, 5) is 12.4. The van der Waals surface area contributed by atoms with Gasteiger partial charge in [-0.25, -0.2) is 5.43 Å². The second-order valence-electron chi connectivity index (χ2n) is 7.05. The Morgan fingerprint density at radius 2 is 1.79 bits per heavy atom. The van der Waals surface area contributed by atoms with E-state index in [1.54, 1.807) is 6.21 Å². The Morgan fingerprint density at radius 1 is 1.03 bits per heavy atom. The van der Waals surface area contributed by atoms with E-state index < -0.39 is 0 Å². The predicted octanol–water partition coefficient (Wildman–Crippen LogP) is 4.47. The van der Waals surface area contributed by atoms with Gasteiger partial charge in [-0.3, -0.25) is 9.48 Å². The summed E-state index contributed by atoms with van der Waals surface area (Å²) in [6.45, 7) is 4.70. The zero-order valence-corrected chi connectivity index (χ0v) is 16.5. The minimum atomic E-state index is -0.237. The quantitative estimate of drug-likeness (QED) is 0.409. The molecule has 0 unspecified atom stereocenters. The van der Waals surface area contributed by atoms with Crippen LogP contribution in [-0.4, -0.2) is 21.9 Å². The maximum atomic E-state index is 12.4. The lowest BCUT2D eigenvalue weighted by atomic mass is 10.1. The van der Waals surface area contributed by atoms with E-state index in [1.807, 2.05) is 73.1 Å². The summed E-state index contributed by atoms with van der Waals surface area (Å²) in [6, 6.07) is 23.7. The van der Waals surface area contributed by atoms with Crippen LogP contribution in [0.5, 0.6) is 0 Å². The fraction of sp³-hybridized carbons (Fsp3) is 0.125. The zero-order chi connectivity index (χ0) is 20.2. The molecule has 4 aromatic rings. The van der Waals surface area contributed by atoms with E-state index in [0.717, 1.165) is 33.3 Å². The van der Waals surface area contributed by atoms with Crippen molar-refractivity contribution in [3.05, 3.63) is 101 Å². The second kappa shape index (κ2) is 8.10. The summed E-state index contributed by atoms with van der Waals surface area (Å²) in [5.74, 6) is -0.237. The number of nitrogens with zero attached hydrogens (tertiary/aromatic N) is 3. The number of nitrogens with one attached hydrogen (secondary N) is 1. The molecule has 1 aromatic heterocycles. The number of hydrogen-bond donors (Lipinski definition) is 1. The monoisotopic (exact) mass is 382 g/mol. The third kappa shape index (κ3) is 4.24. The number of hydrazone groups is 1. The summed E-state index contributed by atoms with van der Waals surface area (Å²) >= 11 is 0. The van der Waals surface area contributed by atoms with Crippen LogP contribution in [0, 0.1) is 13.8 Å². The maximum Gasteiger partial charge on any atom is 0.271 e. The van der Waals surface area contributed by atoms with Gasteiger partial charge in [-0.05, 0) is 48.4 Å². The average molecular weight is 382 g/mol. The number of fused-ring (bicyclic) bond motifs is 1. The Bertz CT molecular complexity index is 1180. The van der Waals surface area contributed by atoms with Crippen molar-refractivity contribution >= 4 is 22.9 Å². The van der Waals surface area contributed by atoms with E-state index in [0.29, 0.717) is 12.1 Å². The Hall–Kier alpha value is -3.73. The first-order valence-electron chi connectivity index (χ1n) is 9.51. The van der Waals surface area contributed by atoms with Gasteiger partial charge in [0.15, 0.2) is 0 Å². The van der Waals surface area contributed by atoms with Gasteiger partial charge in [0.1, 0.15) is 0 Å². The van der Waals surface area contributed by atoms with Crippen LogP contribution in [0.1, 0.15) is 32.9 Å². The molecule has 0 fully saturated rings. The van der Waals surface area contributed by atoms with E-state index in [1.165, 1.54) is 0 Å². The molecule has 0 bridgehead atoms. The molecule has 0 saturated heterocycles. The first kappa shape index (κ1) is 18.6. The van der Waals surface area contributed by atoms with Crippen molar-refractivity contribution in [2.75, 3.05) is 0 Å². The molecular weight excluding hydrogens is 360 g/mol. The lowest BCUT2D eigenvalue weighted by molar-refractivity contribution is 0.0955. The van der Waals surface area contributed by atoms with E-state index in [9.17, 15) is 4.79 Å². The molecule has 1 heterocycles. The highest BCUT2D eigenvalue weighted by Crippen LogP contribution is 2.16. The van der Waals surface area contributed by atoms with E-state index >= 15 is 0 Å². The molecule has 0 saturated carbocycles. The van der Waals surface area contributed by atoms with Crippen LogP contribution in [0.3, 0.4) is 0 Å². The van der Waals surface area contributed by atoms with Crippen LogP contribution in [0.4, 0.5) is 0 Å². The number of hydrogen-bond acceptors (Lipinski definition) is 3. The third-order valence-corrected chi connectivity index (χ3v) is 4.84. The van der Waals surface area contributed by atoms with Gasteiger partial charge < -0.3 is 0 Å². The van der Waals surface area contributed by atoms with Gasteiger partial charge in [-0.1, -0.05) is 54.6 Å². The van der Waals surface area contributed by atoms with Crippen LogP contribution >= 0.6 is 0 Å². The van der Waals surface area contributed by atoms with Crippen LogP contribution in [0.2, 0.25) is 0 Å². The summed E-state index contributed by atoms with van der Waals surface area (Å²) < 4.78 is 1.96. The fourth-order valence-electron chi connectivity index (χ4n) is 3.36. The standard InChI is InChI=1S/C24H22N4O/c1-17-14-18(2)28(27-17)16-19-10-12-21(13-11-19)24(29)26-25-15-22-8-5-7-20-6-3-4-9-23(20)22/h3-15H,16H2,1-2H3,(H,26,29). The molecule has 1 N–H and O–H groups in total. The van der Waals surface area contributed by atoms with Gasteiger partial charge in [0.05, 0.1) is 18.5 Å². The number of aromatic nitrogens is 2. The van der Waals surface area contributed by atoms with Crippen molar-refractivity contribution in [3.63, 3.8) is 0 Å². The van der Waals surface area contributed by atoms with Gasteiger partial charge in [0.25, 0.3) is 5.91 Å². The number of amides is 1. The molecule has 5 nitrogen and oxygen atoms in total. The van der Waals surface area contributed by atoms with E-state index in [4.69, 9.17) is 0 Å². The maximum absolute atomic E-state index is 12.4. The molecule has 3 aromatic carbocycles. The second-order valence-corrected chi connectivity index (χ2v) is 7.05.